The second kappa shape index (κ2) is 3.69. The fourth-order valence-corrected chi connectivity index (χ4v) is 0.905. The molecule has 1 aromatic heterocycles. The van der Waals surface area contributed by atoms with Crippen LogP contribution in [0.15, 0.2) is 6.07 Å². The Labute approximate surface area is 78.5 Å². The largest absolute Gasteiger partial charge is 0.435 e. The first kappa shape index (κ1) is 10.6. The van der Waals surface area contributed by atoms with E-state index in [1.807, 2.05) is 0 Å². The van der Waals surface area contributed by atoms with Gasteiger partial charge in [-0.15, -0.1) is 10.2 Å². The number of hydrogen-bond donors (Lipinski definition) is 2. The molecule has 0 aromatic carbocycles. The summed E-state index contributed by atoms with van der Waals surface area (Å²) in [6.07, 6.45) is -4.47. The summed E-state index contributed by atoms with van der Waals surface area (Å²) in [5.41, 5.74) is -0.754. The first-order valence-corrected chi connectivity index (χ1v) is 3.79. The third kappa shape index (κ3) is 2.04. The Balaban J connectivity index is 3.14. The van der Waals surface area contributed by atoms with Crippen LogP contribution in [-0.4, -0.2) is 24.3 Å². The van der Waals surface area contributed by atoms with E-state index >= 15 is 0 Å². The van der Waals surface area contributed by atoms with Gasteiger partial charge in [0.2, 0.25) is 0 Å². The van der Waals surface area contributed by atoms with Gasteiger partial charge in [-0.3, -0.25) is 0 Å². The van der Waals surface area contributed by atoms with E-state index in [-0.39, 0.29) is 11.5 Å². The maximum absolute atomic E-state index is 12.2. The predicted octanol–water partition coefficient (Wildman–Crippen LogP) is 1.58. The molecule has 0 saturated heterocycles. The molecule has 4 nitrogen and oxygen atoms in total. The van der Waals surface area contributed by atoms with Gasteiger partial charge in [0.25, 0.3) is 0 Å². The number of hydrogen-bond acceptors (Lipinski definition) is 4. The smallest absolute Gasteiger partial charge is 0.385 e. The van der Waals surface area contributed by atoms with E-state index in [2.05, 4.69) is 20.8 Å². The van der Waals surface area contributed by atoms with E-state index in [0.717, 1.165) is 6.07 Å². The molecule has 0 aliphatic heterocycles. The molecular formula is C7H9F3N4. The van der Waals surface area contributed by atoms with Crippen LogP contribution in [0.4, 0.5) is 24.7 Å². The van der Waals surface area contributed by atoms with Gasteiger partial charge in [0.05, 0.1) is 5.69 Å². The second-order valence-electron chi connectivity index (χ2n) is 2.49. The number of nitrogens with one attached hydrogen (secondary N) is 2. The molecule has 0 spiro atoms. The molecule has 0 amide bonds. The lowest BCUT2D eigenvalue weighted by Crippen LogP contribution is -2.11. The number of alkyl halides is 3. The van der Waals surface area contributed by atoms with E-state index in [1.165, 1.54) is 7.05 Å². The molecule has 1 heterocycles. The number of anilines is 2. The van der Waals surface area contributed by atoms with Crippen LogP contribution in [0, 0.1) is 0 Å². The van der Waals surface area contributed by atoms with E-state index < -0.39 is 11.9 Å². The number of aromatic nitrogens is 2. The zero-order valence-corrected chi connectivity index (χ0v) is 7.61. The Bertz CT molecular complexity index is 323. The van der Waals surface area contributed by atoms with Crippen LogP contribution in [0.1, 0.15) is 5.69 Å². The van der Waals surface area contributed by atoms with Crippen molar-refractivity contribution in [3.8, 4) is 0 Å². The van der Waals surface area contributed by atoms with Gasteiger partial charge < -0.3 is 10.6 Å². The molecule has 2 N–H and O–H groups in total. The van der Waals surface area contributed by atoms with E-state index in [4.69, 9.17) is 0 Å². The monoisotopic (exact) mass is 206 g/mol. The average Bonchev–Trinajstić information content (AvgIpc) is 2.15. The third-order valence-corrected chi connectivity index (χ3v) is 1.59. The maximum Gasteiger partial charge on any atom is 0.435 e. The third-order valence-electron chi connectivity index (χ3n) is 1.59. The Kier molecular flexibility index (Phi) is 2.78. The topological polar surface area (TPSA) is 49.8 Å². The van der Waals surface area contributed by atoms with E-state index in [0.29, 0.717) is 0 Å². The van der Waals surface area contributed by atoms with Crippen LogP contribution in [0.3, 0.4) is 0 Å². The van der Waals surface area contributed by atoms with Crippen molar-refractivity contribution in [1.82, 2.24) is 10.2 Å². The first-order chi connectivity index (χ1) is 6.49. The summed E-state index contributed by atoms with van der Waals surface area (Å²) in [5, 5.41) is 11.7. The lowest BCUT2D eigenvalue weighted by Gasteiger charge is -2.10. The van der Waals surface area contributed by atoms with Gasteiger partial charge in [0.1, 0.15) is 0 Å². The molecule has 14 heavy (non-hydrogen) atoms. The summed E-state index contributed by atoms with van der Waals surface area (Å²) in [5.74, 6) is 0.278. The fourth-order valence-electron chi connectivity index (χ4n) is 0.905. The summed E-state index contributed by atoms with van der Waals surface area (Å²) >= 11 is 0. The van der Waals surface area contributed by atoms with Crippen molar-refractivity contribution in [2.24, 2.45) is 0 Å². The van der Waals surface area contributed by atoms with Crippen molar-refractivity contribution in [2.45, 2.75) is 6.18 Å². The molecule has 0 atom stereocenters. The summed E-state index contributed by atoms with van der Waals surface area (Å²) in [6, 6.07) is 0.902. The van der Waals surface area contributed by atoms with Crippen molar-refractivity contribution in [3.05, 3.63) is 11.8 Å². The van der Waals surface area contributed by atoms with E-state index in [1.54, 1.807) is 7.05 Å². The highest BCUT2D eigenvalue weighted by Crippen LogP contribution is 2.30. The van der Waals surface area contributed by atoms with Gasteiger partial charge in [-0.1, -0.05) is 0 Å². The molecule has 0 radical (unpaired) electrons. The zero-order chi connectivity index (χ0) is 10.8. The molecule has 0 aliphatic carbocycles. The van der Waals surface area contributed by atoms with Gasteiger partial charge in [0, 0.05) is 14.1 Å². The van der Waals surface area contributed by atoms with E-state index in [9.17, 15) is 13.2 Å². The quantitative estimate of drug-likeness (QED) is 0.771. The molecule has 0 unspecified atom stereocenters. The molecule has 1 rings (SSSR count). The molecule has 7 heteroatoms. The Morgan fingerprint density at radius 2 is 1.79 bits per heavy atom. The fraction of sp³-hybridized carbons (Fsp3) is 0.429. The van der Waals surface area contributed by atoms with Crippen molar-refractivity contribution in [1.29, 1.82) is 0 Å². The normalized spacial score (nSPS) is 11.2. The van der Waals surface area contributed by atoms with Gasteiger partial charge >= 0.3 is 6.18 Å². The number of halogens is 3. The van der Waals surface area contributed by atoms with Crippen LogP contribution in [0.5, 0.6) is 0 Å². The highest BCUT2D eigenvalue weighted by atomic mass is 19.4. The van der Waals surface area contributed by atoms with Crippen molar-refractivity contribution in [2.75, 3.05) is 24.7 Å². The standard InChI is InChI=1S/C7H9F3N4/c1-11-4-3-5(7(8,9)10)13-14-6(4)12-2/h3H,1-2H3,(H,11,13)(H,12,14). The van der Waals surface area contributed by atoms with Gasteiger partial charge in [-0.05, 0) is 6.07 Å². The van der Waals surface area contributed by atoms with Crippen LogP contribution in [0.25, 0.3) is 0 Å². The van der Waals surface area contributed by atoms with Gasteiger partial charge in [-0.25, -0.2) is 0 Å². The summed E-state index contributed by atoms with van der Waals surface area (Å²) in [6.45, 7) is 0. The Morgan fingerprint density at radius 1 is 1.14 bits per heavy atom. The van der Waals surface area contributed by atoms with Crippen molar-refractivity contribution < 1.29 is 13.2 Å². The minimum absolute atomic E-state index is 0.259. The van der Waals surface area contributed by atoms with Gasteiger partial charge in [0.15, 0.2) is 11.5 Å². The summed E-state index contributed by atoms with van der Waals surface area (Å²) in [4.78, 5) is 0. The minimum Gasteiger partial charge on any atom is -0.385 e. The summed E-state index contributed by atoms with van der Waals surface area (Å²) < 4.78 is 36.6. The summed E-state index contributed by atoms with van der Waals surface area (Å²) in [7, 11) is 3.07. The SMILES string of the molecule is CNc1cc(C(F)(F)F)nnc1NC. The second-order valence-corrected chi connectivity index (χ2v) is 2.49. The van der Waals surface area contributed by atoms with Crippen LogP contribution in [-0.2, 0) is 6.18 Å². The number of rotatable bonds is 2. The van der Waals surface area contributed by atoms with Gasteiger partial charge in [-0.2, -0.15) is 13.2 Å². The van der Waals surface area contributed by atoms with Crippen LogP contribution < -0.4 is 10.6 Å². The molecule has 0 saturated carbocycles. The zero-order valence-electron chi connectivity index (χ0n) is 7.61. The first-order valence-electron chi connectivity index (χ1n) is 3.79. The molecule has 78 valence electrons. The van der Waals surface area contributed by atoms with Crippen LogP contribution >= 0.6 is 0 Å². The molecule has 0 fully saturated rings. The molecule has 0 aliphatic rings. The molecule has 1 aromatic rings. The van der Waals surface area contributed by atoms with Crippen molar-refractivity contribution >= 4 is 11.5 Å². The average molecular weight is 206 g/mol. The highest BCUT2D eigenvalue weighted by Gasteiger charge is 2.33. The number of nitrogens with zero attached hydrogens (tertiary/aromatic N) is 2. The lowest BCUT2D eigenvalue weighted by molar-refractivity contribution is -0.141. The predicted molar refractivity (Wildman–Crippen MR) is 46.1 cm³/mol. The van der Waals surface area contributed by atoms with Crippen LogP contribution in [0.2, 0.25) is 0 Å². The maximum atomic E-state index is 12.2. The highest BCUT2D eigenvalue weighted by molar-refractivity contribution is 5.63. The molecular weight excluding hydrogens is 197 g/mol. The Hall–Kier alpha value is -1.53. The Morgan fingerprint density at radius 3 is 2.21 bits per heavy atom. The minimum atomic E-state index is -4.47. The van der Waals surface area contributed by atoms with Crippen molar-refractivity contribution in [3.63, 3.8) is 0 Å². The lowest BCUT2D eigenvalue weighted by atomic mass is 10.3. The molecule has 0 bridgehead atoms.